The van der Waals surface area contributed by atoms with E-state index in [0.717, 1.165) is 25.3 Å². The first-order chi connectivity index (χ1) is 10.2. The number of nitrogens with zero attached hydrogens (tertiary/aromatic N) is 1. The smallest absolute Gasteiger partial charge is 0.260 e. The van der Waals surface area contributed by atoms with Gasteiger partial charge in [-0.25, -0.2) is 0 Å². The average Bonchev–Trinajstić information content (AvgIpc) is 2.52. The van der Waals surface area contributed by atoms with Crippen LogP contribution in [0.2, 0.25) is 0 Å². The third-order valence-corrected chi connectivity index (χ3v) is 3.88. The molecule has 0 aromatic heterocycles. The average molecular weight is 290 g/mol. The summed E-state index contributed by atoms with van der Waals surface area (Å²) >= 11 is 0. The SMILES string of the molecule is CC(C)N(CC1CCCCN1)C(=O)COc1ccccc1. The Hall–Kier alpha value is -1.55. The predicted molar refractivity (Wildman–Crippen MR) is 84.4 cm³/mol. The minimum absolute atomic E-state index is 0.0567. The van der Waals surface area contributed by atoms with Crippen molar-refractivity contribution < 1.29 is 9.53 Å². The number of hydrogen-bond acceptors (Lipinski definition) is 3. The molecule has 1 saturated heterocycles. The fraction of sp³-hybridized carbons (Fsp3) is 0.588. The molecule has 1 N–H and O–H groups in total. The van der Waals surface area contributed by atoms with E-state index in [0.29, 0.717) is 6.04 Å². The van der Waals surface area contributed by atoms with Crippen LogP contribution in [0.1, 0.15) is 33.1 Å². The van der Waals surface area contributed by atoms with Crippen LogP contribution >= 0.6 is 0 Å². The van der Waals surface area contributed by atoms with Gasteiger partial charge in [0.15, 0.2) is 6.61 Å². The maximum atomic E-state index is 12.4. The highest BCUT2D eigenvalue weighted by molar-refractivity contribution is 5.78. The molecule has 0 aliphatic carbocycles. The number of carbonyl (C=O) groups excluding carboxylic acids is 1. The van der Waals surface area contributed by atoms with Gasteiger partial charge in [-0.3, -0.25) is 4.79 Å². The van der Waals surface area contributed by atoms with Crippen molar-refractivity contribution in [2.24, 2.45) is 0 Å². The number of nitrogens with one attached hydrogen (secondary N) is 1. The monoisotopic (exact) mass is 290 g/mol. The van der Waals surface area contributed by atoms with Crippen molar-refractivity contribution in [3.8, 4) is 5.75 Å². The number of benzene rings is 1. The van der Waals surface area contributed by atoms with Gasteiger partial charge in [-0.15, -0.1) is 0 Å². The molecule has 4 nitrogen and oxygen atoms in total. The molecule has 1 aliphatic heterocycles. The molecule has 21 heavy (non-hydrogen) atoms. The van der Waals surface area contributed by atoms with E-state index in [9.17, 15) is 4.79 Å². The molecule has 1 heterocycles. The van der Waals surface area contributed by atoms with E-state index in [1.54, 1.807) is 0 Å². The van der Waals surface area contributed by atoms with Gasteiger partial charge in [0.1, 0.15) is 5.75 Å². The lowest BCUT2D eigenvalue weighted by molar-refractivity contribution is -0.135. The molecule has 0 radical (unpaired) electrons. The van der Waals surface area contributed by atoms with Crippen LogP contribution in [0.3, 0.4) is 0 Å². The first-order valence-corrected chi connectivity index (χ1v) is 7.87. The highest BCUT2D eigenvalue weighted by Crippen LogP contribution is 2.12. The zero-order valence-electron chi connectivity index (χ0n) is 13.0. The van der Waals surface area contributed by atoms with E-state index in [1.807, 2.05) is 35.2 Å². The van der Waals surface area contributed by atoms with Crippen LogP contribution in [0.15, 0.2) is 30.3 Å². The molecule has 0 spiro atoms. The first kappa shape index (κ1) is 15.8. The van der Waals surface area contributed by atoms with Gasteiger partial charge >= 0.3 is 0 Å². The molecule has 1 atom stereocenters. The summed E-state index contributed by atoms with van der Waals surface area (Å²) in [5.41, 5.74) is 0. The minimum atomic E-state index is 0.0567. The maximum Gasteiger partial charge on any atom is 0.260 e. The normalized spacial score (nSPS) is 18.5. The number of amides is 1. The summed E-state index contributed by atoms with van der Waals surface area (Å²) in [5.74, 6) is 0.798. The van der Waals surface area contributed by atoms with E-state index in [4.69, 9.17) is 4.74 Å². The van der Waals surface area contributed by atoms with Crippen LogP contribution in [-0.2, 0) is 4.79 Å². The predicted octanol–water partition coefficient (Wildman–Crippen LogP) is 2.44. The largest absolute Gasteiger partial charge is 0.484 e. The molecule has 1 amide bonds. The van der Waals surface area contributed by atoms with Gasteiger partial charge in [0.25, 0.3) is 5.91 Å². The van der Waals surface area contributed by atoms with Crippen LogP contribution in [0.25, 0.3) is 0 Å². The van der Waals surface area contributed by atoms with Crippen LogP contribution < -0.4 is 10.1 Å². The second-order valence-corrected chi connectivity index (χ2v) is 5.89. The van der Waals surface area contributed by atoms with Crippen molar-refractivity contribution in [3.63, 3.8) is 0 Å². The van der Waals surface area contributed by atoms with Crippen molar-refractivity contribution in [3.05, 3.63) is 30.3 Å². The van der Waals surface area contributed by atoms with Crippen molar-refractivity contribution in [2.75, 3.05) is 19.7 Å². The molecule has 1 aromatic rings. The topological polar surface area (TPSA) is 41.6 Å². The van der Waals surface area contributed by atoms with Crippen LogP contribution in [0.4, 0.5) is 0 Å². The lowest BCUT2D eigenvalue weighted by atomic mass is 10.0. The Morgan fingerprint density at radius 3 is 2.71 bits per heavy atom. The highest BCUT2D eigenvalue weighted by atomic mass is 16.5. The molecule has 0 bridgehead atoms. The lowest BCUT2D eigenvalue weighted by Gasteiger charge is -2.33. The summed E-state index contributed by atoms with van der Waals surface area (Å²) in [4.78, 5) is 14.3. The van der Waals surface area contributed by atoms with E-state index >= 15 is 0 Å². The standard InChI is InChI=1S/C17H26N2O2/c1-14(2)19(12-15-8-6-7-11-18-15)17(20)13-21-16-9-4-3-5-10-16/h3-5,9-10,14-15,18H,6-8,11-13H2,1-2H3. The lowest BCUT2D eigenvalue weighted by Crippen LogP contribution is -2.49. The quantitative estimate of drug-likeness (QED) is 0.875. The molecule has 1 aliphatic rings. The second kappa shape index (κ2) is 8.03. The Morgan fingerprint density at radius 1 is 1.33 bits per heavy atom. The zero-order valence-corrected chi connectivity index (χ0v) is 13.0. The summed E-state index contributed by atoms with van der Waals surface area (Å²) in [6, 6.07) is 10.1. The fourth-order valence-electron chi connectivity index (χ4n) is 2.66. The molecule has 2 rings (SSSR count). The number of rotatable bonds is 6. The summed E-state index contributed by atoms with van der Waals surface area (Å²) in [6.45, 7) is 6.06. The van der Waals surface area contributed by atoms with Gasteiger partial charge in [0.2, 0.25) is 0 Å². The van der Waals surface area contributed by atoms with Gasteiger partial charge in [0.05, 0.1) is 0 Å². The van der Waals surface area contributed by atoms with Gasteiger partial charge in [-0.2, -0.15) is 0 Å². The summed E-state index contributed by atoms with van der Waals surface area (Å²) < 4.78 is 5.58. The molecule has 1 aromatic carbocycles. The summed E-state index contributed by atoms with van der Waals surface area (Å²) in [7, 11) is 0. The number of piperidine rings is 1. The number of para-hydroxylation sites is 1. The highest BCUT2D eigenvalue weighted by Gasteiger charge is 2.22. The van der Waals surface area contributed by atoms with E-state index in [2.05, 4.69) is 19.2 Å². The maximum absolute atomic E-state index is 12.4. The third-order valence-electron chi connectivity index (χ3n) is 3.88. The minimum Gasteiger partial charge on any atom is -0.484 e. The van der Waals surface area contributed by atoms with E-state index < -0.39 is 0 Å². The number of hydrogen-bond donors (Lipinski definition) is 1. The Balaban J connectivity index is 1.86. The molecule has 116 valence electrons. The van der Waals surface area contributed by atoms with Gasteiger partial charge in [-0.05, 0) is 45.4 Å². The molecule has 4 heteroatoms. The van der Waals surface area contributed by atoms with Gasteiger partial charge in [0, 0.05) is 18.6 Å². The molecule has 0 saturated carbocycles. The van der Waals surface area contributed by atoms with Crippen LogP contribution in [-0.4, -0.2) is 42.6 Å². The molecule has 1 fully saturated rings. The van der Waals surface area contributed by atoms with Crippen molar-refractivity contribution in [2.45, 2.75) is 45.2 Å². The third kappa shape index (κ3) is 5.05. The summed E-state index contributed by atoms with van der Waals surface area (Å²) in [5, 5.41) is 3.50. The Bertz CT molecular complexity index is 428. The second-order valence-electron chi connectivity index (χ2n) is 5.89. The summed E-state index contributed by atoms with van der Waals surface area (Å²) in [6.07, 6.45) is 3.64. The Labute approximate surface area is 127 Å². The molecular weight excluding hydrogens is 264 g/mol. The number of carbonyl (C=O) groups is 1. The molecular formula is C17H26N2O2. The fourth-order valence-corrected chi connectivity index (χ4v) is 2.66. The Kier molecular flexibility index (Phi) is 6.05. The Morgan fingerprint density at radius 2 is 2.10 bits per heavy atom. The van der Waals surface area contributed by atoms with Crippen molar-refractivity contribution in [1.29, 1.82) is 0 Å². The van der Waals surface area contributed by atoms with E-state index in [-0.39, 0.29) is 18.6 Å². The van der Waals surface area contributed by atoms with Crippen molar-refractivity contribution in [1.82, 2.24) is 10.2 Å². The zero-order chi connectivity index (χ0) is 15.1. The first-order valence-electron chi connectivity index (χ1n) is 7.87. The van der Waals surface area contributed by atoms with E-state index in [1.165, 1.54) is 12.8 Å². The van der Waals surface area contributed by atoms with Crippen molar-refractivity contribution >= 4 is 5.91 Å². The number of ether oxygens (including phenoxy) is 1. The van der Waals surface area contributed by atoms with Gasteiger partial charge in [-0.1, -0.05) is 24.6 Å². The molecule has 1 unspecified atom stereocenters. The van der Waals surface area contributed by atoms with Gasteiger partial charge < -0.3 is 15.0 Å². The van der Waals surface area contributed by atoms with Crippen LogP contribution in [0, 0.1) is 0 Å². The van der Waals surface area contributed by atoms with Crippen LogP contribution in [0.5, 0.6) is 5.75 Å².